The topological polar surface area (TPSA) is 51.8 Å². The smallest absolute Gasteiger partial charge is 0.165 e. The van der Waals surface area contributed by atoms with Crippen molar-refractivity contribution in [3.8, 4) is 22.8 Å². The summed E-state index contributed by atoms with van der Waals surface area (Å²) in [6.45, 7) is 0. The van der Waals surface area contributed by atoms with Crippen LogP contribution in [0.3, 0.4) is 0 Å². The number of rotatable bonds is 4. The molecular weight excluding hydrogens is 655 g/mol. The minimum atomic E-state index is 0.679. The lowest BCUT2D eigenvalue weighted by Crippen LogP contribution is -2.33. The summed E-state index contributed by atoms with van der Waals surface area (Å²) in [7, 11) is 0. The van der Waals surface area contributed by atoms with Gasteiger partial charge in [0.2, 0.25) is 0 Å². The molecular formula is C47H29N3OS. The zero-order valence-corrected chi connectivity index (χ0v) is 28.8. The predicted molar refractivity (Wildman–Crippen MR) is 215 cm³/mol. The van der Waals surface area contributed by atoms with Crippen LogP contribution in [-0.4, -0.2) is 15.0 Å². The Balaban J connectivity index is 1.19. The second-order valence-electron chi connectivity index (χ2n) is 13.4. The maximum atomic E-state index is 6.30. The largest absolute Gasteiger partial charge is 0.456 e. The van der Waals surface area contributed by atoms with Crippen molar-refractivity contribution in [2.75, 3.05) is 0 Å². The fourth-order valence-corrected chi connectivity index (χ4v) is 9.29. The third kappa shape index (κ3) is 4.56. The highest BCUT2D eigenvalue weighted by molar-refractivity contribution is 7.26. The molecule has 0 atom stereocenters. The summed E-state index contributed by atoms with van der Waals surface area (Å²) in [4.78, 5) is 15.8. The maximum Gasteiger partial charge on any atom is 0.165 e. The van der Waals surface area contributed by atoms with Crippen LogP contribution in [0.4, 0.5) is 0 Å². The van der Waals surface area contributed by atoms with Crippen molar-refractivity contribution in [2.24, 2.45) is 0 Å². The van der Waals surface area contributed by atoms with Crippen LogP contribution in [0.5, 0.6) is 0 Å². The zero-order chi connectivity index (χ0) is 34.2. The lowest BCUT2D eigenvalue weighted by molar-refractivity contribution is 0.669. The quantitative estimate of drug-likeness (QED) is 0.185. The van der Waals surface area contributed by atoms with E-state index in [9.17, 15) is 0 Å². The predicted octanol–water partition coefficient (Wildman–Crippen LogP) is 10.8. The third-order valence-corrected chi connectivity index (χ3v) is 11.7. The van der Waals surface area contributed by atoms with Crippen LogP contribution in [0.1, 0.15) is 24.2 Å². The van der Waals surface area contributed by atoms with Crippen LogP contribution in [0, 0.1) is 0 Å². The van der Waals surface area contributed by atoms with Crippen LogP contribution < -0.4 is 10.4 Å². The van der Waals surface area contributed by atoms with Crippen molar-refractivity contribution in [3.05, 3.63) is 173 Å². The summed E-state index contributed by atoms with van der Waals surface area (Å²) >= 11 is 1.80. The van der Waals surface area contributed by atoms with Gasteiger partial charge in [-0.2, -0.15) is 0 Å². The maximum absolute atomic E-state index is 6.30. The van der Waals surface area contributed by atoms with Crippen LogP contribution in [0.2, 0.25) is 0 Å². The summed E-state index contributed by atoms with van der Waals surface area (Å²) in [5.41, 5.74) is 7.50. The number of aromatic nitrogens is 3. The van der Waals surface area contributed by atoms with E-state index in [1.54, 1.807) is 11.3 Å². The van der Waals surface area contributed by atoms with Gasteiger partial charge in [0.1, 0.15) is 11.2 Å². The molecule has 0 spiro atoms. The number of hydrogen-bond donors (Lipinski definition) is 0. The first kappa shape index (κ1) is 29.3. The fraction of sp³-hybridized carbons (Fsp3) is 0.0426. The highest BCUT2D eigenvalue weighted by Crippen LogP contribution is 2.40. The minimum Gasteiger partial charge on any atom is -0.456 e. The van der Waals surface area contributed by atoms with E-state index in [0.29, 0.717) is 11.6 Å². The van der Waals surface area contributed by atoms with Crippen molar-refractivity contribution in [1.82, 2.24) is 15.0 Å². The zero-order valence-electron chi connectivity index (χ0n) is 28.0. The molecule has 3 heterocycles. The second-order valence-corrected chi connectivity index (χ2v) is 14.5. The standard InChI is InChI=1S/C47H29N3OS/c1-2-12-29-27-30(24-23-28(29)11-1)45-48-46(50-47(49-45)39-19-9-18-36-34-15-6-8-22-42(34)52-44(36)39)37-26-25-33(31-13-3-4-14-32(31)37)35-17-10-21-41-43(35)38-16-5-7-20-40(38)51-41/h1-24,27H,25-26H2. The Morgan fingerprint density at radius 3 is 2.04 bits per heavy atom. The number of para-hydroxylation sites is 1. The number of fused-ring (bicyclic) bond motifs is 8. The van der Waals surface area contributed by atoms with Gasteiger partial charge < -0.3 is 4.42 Å². The Morgan fingerprint density at radius 2 is 1.12 bits per heavy atom. The molecule has 52 heavy (non-hydrogen) atoms. The number of furan rings is 1. The third-order valence-electron chi connectivity index (χ3n) is 10.5. The molecule has 0 aliphatic heterocycles. The van der Waals surface area contributed by atoms with Crippen molar-refractivity contribution >= 4 is 75.4 Å². The van der Waals surface area contributed by atoms with Gasteiger partial charge in [-0.05, 0) is 75.5 Å². The molecule has 0 bridgehead atoms. The Kier molecular flexibility index (Phi) is 6.51. The van der Waals surface area contributed by atoms with E-state index >= 15 is 0 Å². The summed E-state index contributed by atoms with van der Waals surface area (Å²) < 4.78 is 8.75. The lowest BCUT2D eigenvalue weighted by Gasteiger charge is -2.18. The Hall–Kier alpha value is -6.43. The SMILES string of the molecule is c1ccc2c(c1)=C(c1nc(-c3ccc4ccccc4c3)nc(-c3cccc4c3sc3ccccc34)n1)CCC=2c1cccc2oc3ccccc3c12. The summed E-state index contributed by atoms with van der Waals surface area (Å²) in [5, 5.41) is 9.52. The molecule has 1 aliphatic carbocycles. The Morgan fingerprint density at radius 1 is 0.462 bits per heavy atom. The molecule has 0 saturated heterocycles. The molecule has 0 fully saturated rings. The van der Waals surface area contributed by atoms with E-state index in [1.165, 1.54) is 47.3 Å². The van der Waals surface area contributed by atoms with Crippen LogP contribution >= 0.6 is 11.3 Å². The van der Waals surface area contributed by atoms with Gasteiger partial charge in [-0.1, -0.05) is 121 Å². The van der Waals surface area contributed by atoms with Crippen LogP contribution in [0.15, 0.2) is 156 Å². The summed E-state index contributed by atoms with van der Waals surface area (Å²) in [6, 6.07) is 53.5. The highest BCUT2D eigenvalue weighted by Gasteiger charge is 2.22. The summed E-state index contributed by atoms with van der Waals surface area (Å²) in [5.74, 6) is 2.10. The first-order chi connectivity index (χ1) is 25.8. The molecule has 3 aromatic heterocycles. The Bertz CT molecular complexity index is 3210. The van der Waals surface area contributed by atoms with E-state index in [1.807, 2.05) is 6.07 Å². The van der Waals surface area contributed by atoms with Crippen molar-refractivity contribution < 1.29 is 4.42 Å². The molecule has 4 nitrogen and oxygen atoms in total. The van der Waals surface area contributed by atoms with Gasteiger partial charge in [0.25, 0.3) is 0 Å². The average molecular weight is 684 g/mol. The molecule has 0 radical (unpaired) electrons. The molecule has 0 saturated carbocycles. The van der Waals surface area contributed by atoms with E-state index in [0.717, 1.165) is 62.5 Å². The van der Waals surface area contributed by atoms with E-state index in [-0.39, 0.29) is 0 Å². The molecule has 10 aromatic rings. The fourth-order valence-electron chi connectivity index (χ4n) is 8.08. The van der Waals surface area contributed by atoms with E-state index < -0.39 is 0 Å². The highest BCUT2D eigenvalue weighted by atomic mass is 32.1. The van der Waals surface area contributed by atoms with Gasteiger partial charge in [-0.25, -0.2) is 15.0 Å². The number of benzene rings is 7. The molecule has 0 N–H and O–H groups in total. The van der Waals surface area contributed by atoms with Crippen LogP contribution in [-0.2, 0) is 0 Å². The molecule has 1 aliphatic rings. The van der Waals surface area contributed by atoms with Gasteiger partial charge in [-0.15, -0.1) is 11.3 Å². The molecule has 0 unspecified atom stereocenters. The van der Waals surface area contributed by atoms with E-state index in [4.69, 9.17) is 19.4 Å². The molecule has 244 valence electrons. The van der Waals surface area contributed by atoms with Gasteiger partial charge >= 0.3 is 0 Å². The number of hydrogen-bond acceptors (Lipinski definition) is 5. The molecule has 11 rings (SSSR count). The Labute approximate surface area is 302 Å². The molecule has 0 amide bonds. The monoisotopic (exact) mass is 683 g/mol. The summed E-state index contributed by atoms with van der Waals surface area (Å²) in [6.07, 6.45) is 1.65. The van der Waals surface area contributed by atoms with Gasteiger partial charge in [0, 0.05) is 47.6 Å². The lowest BCUT2D eigenvalue weighted by atomic mass is 9.87. The number of nitrogens with zero attached hydrogens (tertiary/aromatic N) is 3. The van der Waals surface area contributed by atoms with Crippen LogP contribution in [0.25, 0.3) is 86.8 Å². The normalized spacial score (nSPS) is 13.2. The molecule has 7 aromatic carbocycles. The van der Waals surface area contributed by atoms with Gasteiger partial charge in [0.15, 0.2) is 17.5 Å². The van der Waals surface area contributed by atoms with Crippen molar-refractivity contribution in [1.29, 1.82) is 0 Å². The minimum absolute atomic E-state index is 0.679. The second kappa shape index (κ2) is 11.6. The van der Waals surface area contributed by atoms with Gasteiger partial charge in [-0.3, -0.25) is 0 Å². The van der Waals surface area contributed by atoms with Crippen molar-refractivity contribution in [2.45, 2.75) is 12.8 Å². The molecule has 5 heteroatoms. The van der Waals surface area contributed by atoms with Crippen molar-refractivity contribution in [3.63, 3.8) is 0 Å². The average Bonchev–Trinajstić information content (AvgIpc) is 3.79. The van der Waals surface area contributed by atoms with E-state index in [2.05, 4.69) is 146 Å². The first-order valence-corrected chi connectivity index (χ1v) is 18.5. The first-order valence-electron chi connectivity index (χ1n) is 17.7. The van der Waals surface area contributed by atoms with Gasteiger partial charge in [0.05, 0.1) is 0 Å². The number of thiophene rings is 1.